The van der Waals surface area contributed by atoms with E-state index in [0.29, 0.717) is 18.5 Å². The Morgan fingerprint density at radius 3 is 2.21 bits per heavy atom. The first-order chi connectivity index (χ1) is 16.1. The number of alkyl halides is 3. The van der Waals surface area contributed by atoms with Gasteiger partial charge in [-0.25, -0.2) is 0 Å². The van der Waals surface area contributed by atoms with Gasteiger partial charge in [0, 0.05) is 29.4 Å². The molecule has 180 valence electrons. The summed E-state index contributed by atoms with van der Waals surface area (Å²) in [6.07, 6.45) is 0.523. The molecule has 3 N–H and O–H groups in total. The molecule has 4 rings (SSSR count). The minimum absolute atomic E-state index is 0.0147. The molecule has 2 aromatic carbocycles. The first-order valence-electron chi connectivity index (χ1n) is 11.3. The Morgan fingerprint density at radius 1 is 0.912 bits per heavy atom. The highest BCUT2D eigenvalue weighted by atomic mass is 19.4. The summed E-state index contributed by atoms with van der Waals surface area (Å²) in [6, 6.07) is 10.8. The first kappa shape index (κ1) is 23.8. The summed E-state index contributed by atoms with van der Waals surface area (Å²) in [7, 11) is 0. The monoisotopic (exact) mass is 473 g/mol. The smallest absolute Gasteiger partial charge is 0.353 e. The van der Waals surface area contributed by atoms with Gasteiger partial charge in [0.1, 0.15) is 0 Å². The van der Waals surface area contributed by atoms with Crippen LogP contribution in [0.2, 0.25) is 0 Å². The second-order valence-electron chi connectivity index (χ2n) is 9.07. The van der Waals surface area contributed by atoms with E-state index in [-0.39, 0.29) is 35.5 Å². The molecule has 0 radical (unpaired) electrons. The van der Waals surface area contributed by atoms with E-state index in [9.17, 15) is 27.6 Å². The number of benzene rings is 2. The number of halogens is 3. The van der Waals surface area contributed by atoms with Crippen LogP contribution in [0.1, 0.15) is 60.9 Å². The van der Waals surface area contributed by atoms with E-state index in [1.165, 1.54) is 24.3 Å². The quantitative estimate of drug-likeness (QED) is 0.521. The van der Waals surface area contributed by atoms with Gasteiger partial charge in [-0.05, 0) is 62.1 Å². The van der Waals surface area contributed by atoms with Crippen LogP contribution in [0.25, 0.3) is 0 Å². The Labute approximate surface area is 195 Å². The average molecular weight is 473 g/mol. The molecule has 6 nitrogen and oxygen atoms in total. The van der Waals surface area contributed by atoms with E-state index >= 15 is 0 Å². The van der Waals surface area contributed by atoms with Gasteiger partial charge in [0.05, 0.1) is 11.0 Å². The van der Waals surface area contributed by atoms with E-state index in [0.717, 1.165) is 37.8 Å². The lowest BCUT2D eigenvalue weighted by molar-refractivity contribution is -0.137. The van der Waals surface area contributed by atoms with Crippen molar-refractivity contribution in [3.8, 4) is 0 Å². The third kappa shape index (κ3) is 5.76. The molecule has 0 unspecified atom stereocenters. The van der Waals surface area contributed by atoms with Crippen LogP contribution in [0.15, 0.2) is 48.5 Å². The maximum absolute atomic E-state index is 13.2. The number of amides is 3. The minimum Gasteiger partial charge on any atom is -0.353 e. The summed E-state index contributed by atoms with van der Waals surface area (Å²) in [4.78, 5) is 38.2. The van der Waals surface area contributed by atoms with Gasteiger partial charge in [-0.15, -0.1) is 0 Å². The Hall–Kier alpha value is -3.36. The number of rotatable bonds is 7. The van der Waals surface area contributed by atoms with Crippen molar-refractivity contribution in [1.29, 1.82) is 0 Å². The van der Waals surface area contributed by atoms with E-state index in [2.05, 4.69) is 16.0 Å². The van der Waals surface area contributed by atoms with Crippen molar-refractivity contribution >= 4 is 29.1 Å². The van der Waals surface area contributed by atoms with Crippen molar-refractivity contribution in [2.45, 2.75) is 57.2 Å². The van der Waals surface area contributed by atoms with Gasteiger partial charge in [0.15, 0.2) is 0 Å². The lowest BCUT2D eigenvalue weighted by Crippen LogP contribution is -2.39. The molecule has 0 atom stereocenters. The fourth-order valence-electron chi connectivity index (χ4n) is 4.33. The van der Waals surface area contributed by atoms with Gasteiger partial charge in [-0.3, -0.25) is 14.4 Å². The van der Waals surface area contributed by atoms with Crippen molar-refractivity contribution < 1.29 is 27.6 Å². The molecule has 0 aromatic heterocycles. The van der Waals surface area contributed by atoms with Crippen LogP contribution in [0.5, 0.6) is 0 Å². The van der Waals surface area contributed by atoms with E-state index in [4.69, 9.17) is 0 Å². The van der Waals surface area contributed by atoms with Gasteiger partial charge in [0.25, 0.3) is 5.91 Å². The third-order valence-electron chi connectivity index (χ3n) is 6.31. The molecule has 0 spiro atoms. The zero-order valence-corrected chi connectivity index (χ0v) is 18.5. The van der Waals surface area contributed by atoms with Crippen LogP contribution in [-0.2, 0) is 15.8 Å². The van der Waals surface area contributed by atoms with Gasteiger partial charge < -0.3 is 16.0 Å². The SMILES string of the molecule is O=C(CC1(C(=O)Nc2cccc(C(=O)Nc3cccc(C(F)(F)F)c3)c2)CCCC1)NC1CC1. The summed E-state index contributed by atoms with van der Waals surface area (Å²) < 4.78 is 38.8. The second kappa shape index (κ2) is 9.48. The summed E-state index contributed by atoms with van der Waals surface area (Å²) in [5.74, 6) is -0.977. The molecule has 34 heavy (non-hydrogen) atoms. The van der Waals surface area contributed by atoms with Crippen molar-refractivity contribution in [1.82, 2.24) is 5.32 Å². The summed E-state index contributed by atoms with van der Waals surface area (Å²) >= 11 is 0. The molecule has 3 amide bonds. The number of hydrogen-bond acceptors (Lipinski definition) is 3. The molecule has 2 saturated carbocycles. The number of nitrogens with one attached hydrogen (secondary N) is 3. The predicted octanol–water partition coefficient (Wildman–Crippen LogP) is 5.13. The lowest BCUT2D eigenvalue weighted by atomic mass is 9.81. The fourth-order valence-corrected chi connectivity index (χ4v) is 4.33. The van der Waals surface area contributed by atoms with Crippen LogP contribution >= 0.6 is 0 Å². The third-order valence-corrected chi connectivity index (χ3v) is 6.31. The zero-order valence-electron chi connectivity index (χ0n) is 18.5. The lowest BCUT2D eigenvalue weighted by Gasteiger charge is -2.27. The van der Waals surface area contributed by atoms with Crippen LogP contribution in [0.4, 0.5) is 24.5 Å². The summed E-state index contributed by atoms with van der Waals surface area (Å²) in [5.41, 5.74) is -1.06. The van der Waals surface area contributed by atoms with Crippen molar-refractivity contribution in [2.24, 2.45) is 5.41 Å². The van der Waals surface area contributed by atoms with Gasteiger partial charge >= 0.3 is 6.18 Å². The van der Waals surface area contributed by atoms with Crippen LogP contribution in [0, 0.1) is 5.41 Å². The highest BCUT2D eigenvalue weighted by Crippen LogP contribution is 2.42. The van der Waals surface area contributed by atoms with Crippen LogP contribution < -0.4 is 16.0 Å². The maximum atomic E-state index is 13.2. The van der Waals surface area contributed by atoms with Crippen molar-refractivity contribution in [3.05, 3.63) is 59.7 Å². The number of carbonyl (C=O) groups excluding carboxylic acids is 3. The highest BCUT2D eigenvalue weighted by Gasteiger charge is 2.43. The fraction of sp³-hybridized carbons (Fsp3) is 0.400. The first-order valence-corrected chi connectivity index (χ1v) is 11.3. The Bertz CT molecular complexity index is 1090. The van der Waals surface area contributed by atoms with Gasteiger partial charge in [-0.2, -0.15) is 13.2 Å². The standard InChI is InChI=1S/C25H26F3N3O3/c26-25(27,28)17-6-4-8-20(14-17)30-22(33)16-5-3-7-19(13-16)31-23(34)24(11-1-2-12-24)15-21(32)29-18-9-10-18/h3-8,13-14,18H,1-2,9-12,15H2,(H,29,32)(H,30,33)(H,31,34). The topological polar surface area (TPSA) is 87.3 Å². The molecule has 2 aliphatic carbocycles. The molecular formula is C25H26F3N3O3. The van der Waals surface area contributed by atoms with E-state index in [1.54, 1.807) is 12.1 Å². The van der Waals surface area contributed by atoms with Crippen molar-refractivity contribution in [2.75, 3.05) is 10.6 Å². The number of anilines is 2. The Balaban J connectivity index is 1.43. The predicted molar refractivity (Wildman–Crippen MR) is 121 cm³/mol. The van der Waals surface area contributed by atoms with Crippen molar-refractivity contribution in [3.63, 3.8) is 0 Å². The maximum Gasteiger partial charge on any atom is 0.416 e. The van der Waals surface area contributed by atoms with Crippen LogP contribution in [-0.4, -0.2) is 23.8 Å². The van der Waals surface area contributed by atoms with Crippen LogP contribution in [0.3, 0.4) is 0 Å². The Kier molecular flexibility index (Phi) is 6.63. The molecule has 0 saturated heterocycles. The van der Waals surface area contributed by atoms with Gasteiger partial charge in [0.2, 0.25) is 11.8 Å². The van der Waals surface area contributed by atoms with E-state index < -0.39 is 23.1 Å². The molecule has 2 aliphatic rings. The molecule has 2 fully saturated rings. The normalized spacial score (nSPS) is 17.1. The highest BCUT2D eigenvalue weighted by molar-refractivity contribution is 6.06. The molecule has 0 aliphatic heterocycles. The minimum atomic E-state index is -4.52. The molecular weight excluding hydrogens is 447 g/mol. The second-order valence-corrected chi connectivity index (χ2v) is 9.07. The van der Waals surface area contributed by atoms with Gasteiger partial charge in [-0.1, -0.05) is 25.0 Å². The molecule has 2 aromatic rings. The zero-order chi connectivity index (χ0) is 24.3. The van der Waals surface area contributed by atoms with E-state index in [1.807, 2.05) is 0 Å². The summed E-state index contributed by atoms with van der Waals surface area (Å²) in [6.45, 7) is 0. The molecule has 0 bridgehead atoms. The molecule has 9 heteroatoms. The average Bonchev–Trinajstić information content (AvgIpc) is 3.47. The number of carbonyl (C=O) groups is 3. The summed E-state index contributed by atoms with van der Waals surface area (Å²) in [5, 5.41) is 8.24. The largest absolute Gasteiger partial charge is 0.416 e. The molecule has 0 heterocycles. The number of hydrogen-bond donors (Lipinski definition) is 3. The Morgan fingerprint density at radius 2 is 1.56 bits per heavy atom.